The van der Waals surface area contributed by atoms with E-state index in [0.29, 0.717) is 0 Å². The smallest absolute Gasteiger partial charge is 0.0807 e. The second kappa shape index (κ2) is 6.58. The highest BCUT2D eigenvalue weighted by molar-refractivity contribution is 5.38. The van der Waals surface area contributed by atoms with Crippen molar-refractivity contribution in [3.63, 3.8) is 0 Å². The number of aliphatic hydroxyl groups excluding tert-OH is 1. The summed E-state index contributed by atoms with van der Waals surface area (Å²) in [7, 11) is 0. The van der Waals surface area contributed by atoms with Crippen LogP contribution in [0.15, 0.2) is 24.8 Å². The highest BCUT2D eigenvalue weighted by atomic mass is 16.3. The van der Waals surface area contributed by atoms with E-state index in [0.717, 1.165) is 25.1 Å². The molecule has 1 atom stereocenters. The van der Waals surface area contributed by atoms with Crippen molar-refractivity contribution in [2.45, 2.75) is 33.3 Å². The molecule has 1 rings (SSSR count). The summed E-state index contributed by atoms with van der Waals surface area (Å²) in [5, 5.41) is 13.4. The first-order valence-corrected chi connectivity index (χ1v) is 6.13. The number of nitrogens with one attached hydrogen (secondary N) is 1. The Morgan fingerprint density at radius 3 is 2.41 bits per heavy atom. The molecule has 0 bridgehead atoms. The van der Waals surface area contributed by atoms with Gasteiger partial charge in [-0.05, 0) is 50.4 Å². The van der Waals surface area contributed by atoms with Crippen LogP contribution in [0.2, 0.25) is 0 Å². The van der Waals surface area contributed by atoms with Gasteiger partial charge in [-0.25, -0.2) is 0 Å². The molecule has 0 radical (unpaired) electrons. The molecule has 2 nitrogen and oxygen atoms in total. The number of benzene rings is 1. The van der Waals surface area contributed by atoms with E-state index in [-0.39, 0.29) is 6.10 Å². The summed E-state index contributed by atoms with van der Waals surface area (Å²) in [4.78, 5) is 0. The molecule has 2 N–H and O–H groups in total. The van der Waals surface area contributed by atoms with Gasteiger partial charge in [-0.3, -0.25) is 0 Å². The zero-order valence-electron chi connectivity index (χ0n) is 11.1. The summed E-state index contributed by atoms with van der Waals surface area (Å²) in [6.07, 6.45) is 2.18. The van der Waals surface area contributed by atoms with Crippen molar-refractivity contribution >= 4 is 0 Å². The third kappa shape index (κ3) is 3.99. The lowest BCUT2D eigenvalue weighted by Crippen LogP contribution is -2.18. The second-order valence-electron chi connectivity index (χ2n) is 4.61. The van der Waals surface area contributed by atoms with Crippen LogP contribution < -0.4 is 5.32 Å². The Bertz CT molecular complexity index is 362. The Kier molecular flexibility index (Phi) is 5.39. The van der Waals surface area contributed by atoms with Gasteiger partial charge in [0, 0.05) is 6.54 Å². The molecule has 0 aromatic heterocycles. The van der Waals surface area contributed by atoms with Crippen LogP contribution in [-0.4, -0.2) is 18.2 Å². The monoisotopic (exact) mass is 233 g/mol. The van der Waals surface area contributed by atoms with Crippen molar-refractivity contribution in [3.05, 3.63) is 47.0 Å². The van der Waals surface area contributed by atoms with E-state index >= 15 is 0 Å². The standard InChI is InChI=1S/C15H23NO/c1-5-7-16-8-6-14(17)15-12(3)9-11(2)10-13(15)4/h5,9-10,14,16-17H,1,6-8H2,2-4H3. The maximum absolute atomic E-state index is 10.2. The zero-order chi connectivity index (χ0) is 12.8. The molecule has 1 unspecified atom stereocenters. The lowest BCUT2D eigenvalue weighted by atomic mass is 9.94. The molecular weight excluding hydrogens is 210 g/mol. The Morgan fingerprint density at radius 2 is 1.88 bits per heavy atom. The van der Waals surface area contributed by atoms with Crippen LogP contribution in [0.1, 0.15) is 34.8 Å². The van der Waals surface area contributed by atoms with Gasteiger partial charge in [-0.2, -0.15) is 0 Å². The highest BCUT2D eigenvalue weighted by Gasteiger charge is 2.13. The Hall–Kier alpha value is -1.12. The van der Waals surface area contributed by atoms with Gasteiger partial charge in [0.25, 0.3) is 0 Å². The number of aryl methyl sites for hydroxylation is 3. The topological polar surface area (TPSA) is 32.3 Å². The largest absolute Gasteiger partial charge is 0.388 e. The molecule has 0 amide bonds. The summed E-state index contributed by atoms with van der Waals surface area (Å²) in [5.74, 6) is 0. The molecule has 0 aliphatic carbocycles. The number of hydrogen-bond donors (Lipinski definition) is 2. The van der Waals surface area contributed by atoms with Gasteiger partial charge in [0.2, 0.25) is 0 Å². The van der Waals surface area contributed by atoms with Gasteiger partial charge in [0.05, 0.1) is 6.10 Å². The first-order chi connectivity index (χ1) is 8.06. The predicted octanol–water partition coefficient (Wildman–Crippen LogP) is 2.81. The summed E-state index contributed by atoms with van der Waals surface area (Å²) in [6.45, 7) is 11.5. The Morgan fingerprint density at radius 1 is 1.29 bits per heavy atom. The molecule has 1 aromatic rings. The number of aliphatic hydroxyl groups is 1. The predicted molar refractivity (Wildman–Crippen MR) is 73.3 cm³/mol. The van der Waals surface area contributed by atoms with Crippen molar-refractivity contribution in [1.29, 1.82) is 0 Å². The van der Waals surface area contributed by atoms with E-state index < -0.39 is 0 Å². The Labute approximate surface area is 104 Å². The minimum Gasteiger partial charge on any atom is -0.388 e. The van der Waals surface area contributed by atoms with Crippen molar-refractivity contribution in [2.75, 3.05) is 13.1 Å². The van der Waals surface area contributed by atoms with Crippen LogP contribution in [0.4, 0.5) is 0 Å². The van der Waals surface area contributed by atoms with E-state index in [2.05, 4.69) is 44.8 Å². The van der Waals surface area contributed by atoms with E-state index in [1.807, 2.05) is 6.08 Å². The molecule has 1 aromatic carbocycles. The molecule has 2 heteroatoms. The molecule has 0 saturated heterocycles. The fourth-order valence-corrected chi connectivity index (χ4v) is 2.30. The van der Waals surface area contributed by atoms with Crippen LogP contribution in [0.5, 0.6) is 0 Å². The van der Waals surface area contributed by atoms with Crippen LogP contribution >= 0.6 is 0 Å². The lowest BCUT2D eigenvalue weighted by molar-refractivity contribution is 0.166. The second-order valence-corrected chi connectivity index (χ2v) is 4.61. The van der Waals surface area contributed by atoms with Gasteiger partial charge >= 0.3 is 0 Å². The van der Waals surface area contributed by atoms with E-state index in [1.165, 1.54) is 16.7 Å². The maximum atomic E-state index is 10.2. The molecule has 0 aliphatic rings. The van der Waals surface area contributed by atoms with Gasteiger partial charge < -0.3 is 10.4 Å². The average Bonchev–Trinajstić information content (AvgIpc) is 2.23. The van der Waals surface area contributed by atoms with E-state index in [1.54, 1.807) is 0 Å². The molecule has 0 heterocycles. The molecule has 0 aliphatic heterocycles. The molecule has 17 heavy (non-hydrogen) atoms. The normalized spacial score (nSPS) is 12.5. The number of hydrogen-bond acceptors (Lipinski definition) is 2. The molecular formula is C15H23NO. The summed E-state index contributed by atoms with van der Waals surface area (Å²) in [5.41, 5.74) is 4.69. The van der Waals surface area contributed by atoms with Crippen molar-refractivity contribution in [2.24, 2.45) is 0 Å². The van der Waals surface area contributed by atoms with Gasteiger partial charge in [-0.15, -0.1) is 6.58 Å². The average molecular weight is 233 g/mol. The quantitative estimate of drug-likeness (QED) is 0.585. The van der Waals surface area contributed by atoms with E-state index in [4.69, 9.17) is 0 Å². The third-order valence-electron chi connectivity index (χ3n) is 2.95. The lowest BCUT2D eigenvalue weighted by Gasteiger charge is -2.17. The first-order valence-electron chi connectivity index (χ1n) is 6.13. The molecule has 0 spiro atoms. The fraction of sp³-hybridized carbons (Fsp3) is 0.467. The van der Waals surface area contributed by atoms with Gasteiger partial charge in [-0.1, -0.05) is 23.8 Å². The maximum Gasteiger partial charge on any atom is 0.0807 e. The van der Waals surface area contributed by atoms with Crippen molar-refractivity contribution in [3.8, 4) is 0 Å². The summed E-state index contributed by atoms with van der Waals surface area (Å²) < 4.78 is 0. The SMILES string of the molecule is C=CCNCCC(O)c1c(C)cc(C)cc1C. The van der Waals surface area contributed by atoms with Gasteiger partial charge in [0.15, 0.2) is 0 Å². The third-order valence-corrected chi connectivity index (χ3v) is 2.95. The van der Waals surface area contributed by atoms with Gasteiger partial charge in [0.1, 0.15) is 0 Å². The van der Waals surface area contributed by atoms with Crippen LogP contribution in [0, 0.1) is 20.8 Å². The zero-order valence-corrected chi connectivity index (χ0v) is 11.1. The molecule has 0 saturated carbocycles. The van der Waals surface area contributed by atoms with Crippen LogP contribution in [0.25, 0.3) is 0 Å². The van der Waals surface area contributed by atoms with Crippen molar-refractivity contribution < 1.29 is 5.11 Å². The first kappa shape index (κ1) is 13.9. The minimum atomic E-state index is -0.382. The number of rotatable bonds is 6. The Balaban J connectivity index is 2.68. The summed E-state index contributed by atoms with van der Waals surface area (Å²) in [6, 6.07) is 4.26. The minimum absolute atomic E-state index is 0.382. The van der Waals surface area contributed by atoms with Crippen LogP contribution in [-0.2, 0) is 0 Å². The molecule has 94 valence electrons. The fourth-order valence-electron chi connectivity index (χ4n) is 2.30. The highest BCUT2D eigenvalue weighted by Crippen LogP contribution is 2.25. The van der Waals surface area contributed by atoms with E-state index in [9.17, 15) is 5.11 Å². The van der Waals surface area contributed by atoms with Crippen LogP contribution in [0.3, 0.4) is 0 Å². The van der Waals surface area contributed by atoms with Crippen molar-refractivity contribution in [1.82, 2.24) is 5.32 Å². The summed E-state index contributed by atoms with van der Waals surface area (Å²) >= 11 is 0. The molecule has 0 fully saturated rings.